The third-order valence-electron chi connectivity index (χ3n) is 3.98. The Morgan fingerprint density at radius 3 is 2.46 bits per heavy atom. The minimum Gasteiger partial charge on any atom is -0.496 e. The molecule has 0 aliphatic heterocycles. The molecule has 0 bridgehead atoms. The number of rotatable bonds is 6. The van der Waals surface area contributed by atoms with Crippen LogP contribution in [0.4, 0.5) is 0 Å². The highest BCUT2D eigenvalue weighted by atomic mass is 16.5. The summed E-state index contributed by atoms with van der Waals surface area (Å²) in [5, 5.41) is 2.98. The number of carbonyl (C=O) groups excluding carboxylic acids is 1. The predicted octanol–water partition coefficient (Wildman–Crippen LogP) is 3.96. The highest BCUT2D eigenvalue weighted by Crippen LogP contribution is 2.25. The quantitative estimate of drug-likeness (QED) is 0.874. The van der Waals surface area contributed by atoms with Crippen LogP contribution in [0.2, 0.25) is 0 Å². The zero-order valence-corrected chi connectivity index (χ0v) is 14.9. The van der Waals surface area contributed by atoms with Crippen LogP contribution in [-0.4, -0.2) is 19.1 Å². The van der Waals surface area contributed by atoms with Gasteiger partial charge in [0.1, 0.15) is 11.5 Å². The Hall–Kier alpha value is -2.49. The number of amides is 1. The van der Waals surface area contributed by atoms with Crippen molar-refractivity contribution in [3.63, 3.8) is 0 Å². The van der Waals surface area contributed by atoms with Gasteiger partial charge in [-0.1, -0.05) is 30.3 Å². The molecule has 0 aliphatic rings. The first-order valence-corrected chi connectivity index (χ1v) is 8.09. The molecule has 1 amide bonds. The largest absolute Gasteiger partial charge is 0.496 e. The average Bonchev–Trinajstić information content (AvgIpc) is 2.57. The fourth-order valence-corrected chi connectivity index (χ4v) is 2.51. The van der Waals surface area contributed by atoms with E-state index in [4.69, 9.17) is 9.47 Å². The van der Waals surface area contributed by atoms with Crippen molar-refractivity contribution in [2.75, 3.05) is 7.11 Å². The summed E-state index contributed by atoms with van der Waals surface area (Å²) in [4.78, 5) is 12.5. The standard InChI is InChI=1S/C20H25NO3/c1-13-10-11-14(2)19(12-13)24-16(4)20(22)21-15(3)17-8-6-7-9-18(17)23-5/h6-12,15-16H,1-5H3,(H,21,22)/t15-,16-/m0/s1. The number of methoxy groups -OCH3 is 1. The second-order valence-electron chi connectivity index (χ2n) is 6.00. The lowest BCUT2D eigenvalue weighted by Gasteiger charge is -2.21. The number of aryl methyl sites for hydroxylation is 2. The summed E-state index contributed by atoms with van der Waals surface area (Å²) < 4.78 is 11.2. The molecule has 2 rings (SSSR count). The highest BCUT2D eigenvalue weighted by Gasteiger charge is 2.20. The van der Waals surface area contributed by atoms with E-state index in [9.17, 15) is 4.79 Å². The van der Waals surface area contributed by atoms with Gasteiger partial charge in [0.15, 0.2) is 6.10 Å². The van der Waals surface area contributed by atoms with Gasteiger partial charge in [-0.2, -0.15) is 0 Å². The van der Waals surface area contributed by atoms with Crippen LogP contribution in [0.5, 0.6) is 11.5 Å². The lowest BCUT2D eigenvalue weighted by molar-refractivity contribution is -0.127. The molecule has 4 nitrogen and oxygen atoms in total. The van der Waals surface area contributed by atoms with Crippen LogP contribution >= 0.6 is 0 Å². The lowest BCUT2D eigenvalue weighted by atomic mass is 10.1. The number of nitrogens with one attached hydrogen (secondary N) is 1. The molecule has 2 aromatic carbocycles. The summed E-state index contributed by atoms with van der Waals surface area (Å²) >= 11 is 0. The molecule has 0 aliphatic carbocycles. The Kier molecular flexibility index (Phi) is 5.85. The molecule has 0 radical (unpaired) electrons. The van der Waals surface area contributed by atoms with E-state index in [1.807, 2.05) is 63.2 Å². The van der Waals surface area contributed by atoms with E-state index in [0.29, 0.717) is 0 Å². The third-order valence-corrected chi connectivity index (χ3v) is 3.98. The van der Waals surface area contributed by atoms with Crippen LogP contribution in [0.3, 0.4) is 0 Å². The van der Waals surface area contributed by atoms with E-state index >= 15 is 0 Å². The summed E-state index contributed by atoms with van der Waals surface area (Å²) in [5.74, 6) is 1.34. The molecule has 0 unspecified atom stereocenters. The molecule has 0 saturated heterocycles. The van der Waals surface area contributed by atoms with E-state index in [1.54, 1.807) is 14.0 Å². The fourth-order valence-electron chi connectivity index (χ4n) is 2.51. The number of para-hydroxylation sites is 1. The molecular formula is C20H25NO3. The Bertz CT molecular complexity index is 712. The smallest absolute Gasteiger partial charge is 0.261 e. The summed E-state index contributed by atoms with van der Waals surface area (Å²) in [6.07, 6.45) is -0.581. The maximum atomic E-state index is 12.5. The van der Waals surface area contributed by atoms with E-state index in [-0.39, 0.29) is 11.9 Å². The minimum absolute atomic E-state index is 0.158. The van der Waals surface area contributed by atoms with Crippen LogP contribution in [0, 0.1) is 13.8 Å². The normalized spacial score (nSPS) is 13.0. The van der Waals surface area contributed by atoms with Gasteiger partial charge in [0.25, 0.3) is 5.91 Å². The van der Waals surface area contributed by atoms with Crippen molar-refractivity contribution >= 4 is 5.91 Å². The first-order valence-electron chi connectivity index (χ1n) is 8.09. The molecule has 24 heavy (non-hydrogen) atoms. The predicted molar refractivity (Wildman–Crippen MR) is 95.6 cm³/mol. The lowest BCUT2D eigenvalue weighted by Crippen LogP contribution is -2.38. The van der Waals surface area contributed by atoms with Crippen molar-refractivity contribution in [3.8, 4) is 11.5 Å². The molecule has 2 atom stereocenters. The van der Waals surface area contributed by atoms with E-state index < -0.39 is 6.10 Å². The van der Waals surface area contributed by atoms with Gasteiger partial charge in [-0.3, -0.25) is 4.79 Å². The summed E-state index contributed by atoms with van der Waals surface area (Å²) in [7, 11) is 1.62. The molecule has 0 heterocycles. The highest BCUT2D eigenvalue weighted by molar-refractivity contribution is 5.81. The SMILES string of the molecule is COc1ccccc1[C@H](C)NC(=O)[C@H](C)Oc1cc(C)ccc1C. The van der Waals surface area contributed by atoms with E-state index in [0.717, 1.165) is 28.2 Å². The first-order chi connectivity index (χ1) is 11.4. The third kappa shape index (κ3) is 4.28. The second kappa shape index (κ2) is 7.86. The van der Waals surface area contributed by atoms with Crippen molar-refractivity contribution in [2.45, 2.75) is 39.8 Å². The van der Waals surface area contributed by atoms with Crippen LogP contribution in [0.1, 0.15) is 36.6 Å². The van der Waals surface area contributed by atoms with Crippen molar-refractivity contribution in [1.29, 1.82) is 0 Å². The molecule has 0 aromatic heterocycles. The minimum atomic E-state index is -0.581. The monoisotopic (exact) mass is 327 g/mol. The van der Waals surface area contributed by atoms with Gasteiger partial charge in [0.05, 0.1) is 13.2 Å². The number of carbonyl (C=O) groups is 1. The van der Waals surface area contributed by atoms with E-state index in [2.05, 4.69) is 5.32 Å². The first kappa shape index (κ1) is 17.9. The Balaban J connectivity index is 2.04. The van der Waals surface area contributed by atoms with Gasteiger partial charge in [-0.05, 0) is 51.0 Å². The number of ether oxygens (including phenoxy) is 2. The number of benzene rings is 2. The van der Waals surface area contributed by atoms with Gasteiger partial charge in [0.2, 0.25) is 0 Å². The van der Waals surface area contributed by atoms with Crippen LogP contribution in [0.25, 0.3) is 0 Å². The Morgan fingerprint density at radius 2 is 1.75 bits per heavy atom. The summed E-state index contributed by atoms with van der Waals surface area (Å²) in [5.41, 5.74) is 3.05. The van der Waals surface area contributed by atoms with Gasteiger partial charge in [-0.25, -0.2) is 0 Å². The zero-order valence-electron chi connectivity index (χ0n) is 14.9. The van der Waals surface area contributed by atoms with Gasteiger partial charge < -0.3 is 14.8 Å². The maximum Gasteiger partial charge on any atom is 0.261 e. The molecule has 0 spiro atoms. The topological polar surface area (TPSA) is 47.6 Å². The Labute approximate surface area is 143 Å². The van der Waals surface area contributed by atoms with E-state index in [1.165, 1.54) is 0 Å². The maximum absolute atomic E-state index is 12.5. The summed E-state index contributed by atoms with van der Waals surface area (Å²) in [6.45, 7) is 7.66. The van der Waals surface area contributed by atoms with Crippen molar-refractivity contribution in [1.82, 2.24) is 5.32 Å². The fraction of sp³-hybridized carbons (Fsp3) is 0.350. The molecule has 1 N–H and O–H groups in total. The van der Waals surface area contributed by atoms with Gasteiger partial charge >= 0.3 is 0 Å². The van der Waals surface area contributed by atoms with Gasteiger partial charge in [-0.15, -0.1) is 0 Å². The summed E-state index contributed by atoms with van der Waals surface area (Å²) in [6, 6.07) is 13.5. The number of hydrogen-bond acceptors (Lipinski definition) is 3. The van der Waals surface area contributed by atoms with Crippen molar-refractivity contribution < 1.29 is 14.3 Å². The van der Waals surface area contributed by atoms with Crippen LogP contribution in [0.15, 0.2) is 42.5 Å². The molecule has 2 aromatic rings. The van der Waals surface area contributed by atoms with Crippen molar-refractivity contribution in [3.05, 3.63) is 59.2 Å². The molecule has 0 saturated carbocycles. The zero-order chi connectivity index (χ0) is 17.7. The average molecular weight is 327 g/mol. The molecule has 0 fully saturated rings. The molecule has 4 heteroatoms. The van der Waals surface area contributed by atoms with Gasteiger partial charge in [0, 0.05) is 5.56 Å². The Morgan fingerprint density at radius 1 is 1.04 bits per heavy atom. The van der Waals surface area contributed by atoms with Crippen LogP contribution < -0.4 is 14.8 Å². The number of hydrogen-bond donors (Lipinski definition) is 1. The molecular weight excluding hydrogens is 302 g/mol. The molecule has 128 valence electrons. The van der Waals surface area contributed by atoms with Crippen LogP contribution in [-0.2, 0) is 4.79 Å². The second-order valence-corrected chi connectivity index (χ2v) is 6.00. The van der Waals surface area contributed by atoms with Crippen molar-refractivity contribution in [2.24, 2.45) is 0 Å².